The minimum Gasteiger partial charge on any atom is -0.374 e. The van der Waals surface area contributed by atoms with E-state index in [9.17, 15) is 0 Å². The summed E-state index contributed by atoms with van der Waals surface area (Å²) >= 11 is 1.93. The molecule has 10 aromatic rings. The third-order valence-electron chi connectivity index (χ3n) is 12.6. The van der Waals surface area contributed by atoms with Crippen LogP contribution in [0.1, 0.15) is 22.3 Å². The molecule has 0 fully saturated rings. The van der Waals surface area contributed by atoms with E-state index < -0.39 is 5.41 Å². The van der Waals surface area contributed by atoms with Crippen LogP contribution < -0.4 is 15.8 Å². The van der Waals surface area contributed by atoms with Gasteiger partial charge in [0.2, 0.25) is 0 Å². The van der Waals surface area contributed by atoms with Gasteiger partial charge in [-0.05, 0) is 74.1 Å². The molecule has 254 valence electrons. The predicted molar refractivity (Wildman–Crippen MR) is 233 cm³/mol. The largest absolute Gasteiger partial charge is 0.374 e. The lowest BCUT2D eigenvalue weighted by Gasteiger charge is -2.50. The number of aromatic nitrogens is 1. The third kappa shape index (κ3) is 3.66. The Hall–Kier alpha value is -6.62. The lowest BCUT2D eigenvalue weighted by molar-refractivity contribution is 0.732. The highest BCUT2D eigenvalue weighted by molar-refractivity contribution is 7.27. The number of para-hydroxylation sites is 3. The number of benzene rings is 8. The van der Waals surface area contributed by atoms with Gasteiger partial charge in [0.1, 0.15) is 0 Å². The second-order valence-electron chi connectivity index (χ2n) is 15.2. The van der Waals surface area contributed by atoms with Crippen LogP contribution in [-0.4, -0.2) is 11.3 Å². The zero-order valence-corrected chi connectivity index (χ0v) is 30.6. The van der Waals surface area contributed by atoms with E-state index in [2.05, 4.69) is 197 Å². The summed E-state index contributed by atoms with van der Waals surface area (Å²) in [5, 5.41) is 2.67. The smallest absolute Gasteiger partial charge is 0.333 e. The van der Waals surface area contributed by atoms with E-state index in [4.69, 9.17) is 0 Å². The molecule has 0 aliphatic carbocycles. The molecule has 0 saturated carbocycles. The molecule has 0 bridgehead atoms. The third-order valence-corrected chi connectivity index (χ3v) is 13.8. The molecule has 0 amide bonds. The molecule has 8 aromatic carbocycles. The Bertz CT molecular complexity index is 3180. The molecule has 0 saturated heterocycles. The van der Waals surface area contributed by atoms with Crippen LogP contribution in [0.3, 0.4) is 0 Å². The Balaban J connectivity index is 1.25. The molecule has 0 atom stereocenters. The van der Waals surface area contributed by atoms with E-state index in [1.807, 2.05) is 11.3 Å². The molecule has 5 heterocycles. The van der Waals surface area contributed by atoms with E-state index in [0.29, 0.717) is 0 Å². The Labute approximate surface area is 323 Å². The average Bonchev–Trinajstić information content (AvgIpc) is 3.80. The van der Waals surface area contributed by atoms with Crippen molar-refractivity contribution < 1.29 is 0 Å². The van der Waals surface area contributed by atoms with Crippen LogP contribution in [-0.2, 0) is 5.41 Å². The Morgan fingerprint density at radius 2 is 1.13 bits per heavy atom. The lowest BCUT2D eigenvalue weighted by atomic mass is 9.43. The highest BCUT2D eigenvalue weighted by atomic mass is 32.1. The molecule has 0 N–H and O–H groups in total. The van der Waals surface area contributed by atoms with E-state index in [0.717, 1.165) is 0 Å². The minimum absolute atomic E-state index is 0.0246. The van der Waals surface area contributed by atoms with Gasteiger partial charge >= 0.3 is 6.85 Å². The topological polar surface area (TPSA) is 8.17 Å². The number of hydrogen-bond acceptors (Lipinski definition) is 2. The van der Waals surface area contributed by atoms with Gasteiger partial charge in [0.05, 0.1) is 21.3 Å². The fraction of sp³-hybridized carbons (Fsp3) is 0.0196. The molecule has 13 rings (SSSR count). The second kappa shape index (κ2) is 10.8. The van der Waals surface area contributed by atoms with Crippen molar-refractivity contribution in [2.75, 3.05) is 4.90 Å². The first-order valence-electron chi connectivity index (χ1n) is 19.1. The molecule has 0 unspecified atom stereocenters. The SMILES string of the molecule is c1ccc(-c2cc3c4c(c2)N2c5ccccc5C(c5ccccc5)(c5ccccc5)c5cccc(c52)B4n2c4c-3cccc4c3sc4ccccc4c32)cc1. The summed E-state index contributed by atoms with van der Waals surface area (Å²) < 4.78 is 5.44. The van der Waals surface area contributed by atoms with Gasteiger partial charge in [-0.2, -0.15) is 0 Å². The minimum atomic E-state index is -0.540. The summed E-state index contributed by atoms with van der Waals surface area (Å²) in [6.45, 7) is -0.0246. The van der Waals surface area contributed by atoms with Crippen molar-refractivity contribution in [3.8, 4) is 22.3 Å². The maximum atomic E-state index is 2.73. The number of anilines is 3. The Morgan fingerprint density at radius 3 is 1.93 bits per heavy atom. The highest BCUT2D eigenvalue weighted by Crippen LogP contribution is 2.59. The summed E-state index contributed by atoms with van der Waals surface area (Å²) in [5.74, 6) is 0. The first-order valence-corrected chi connectivity index (χ1v) is 20.0. The quantitative estimate of drug-likeness (QED) is 0.165. The van der Waals surface area contributed by atoms with Gasteiger partial charge in [0.15, 0.2) is 0 Å². The first kappa shape index (κ1) is 29.8. The molecule has 0 radical (unpaired) electrons. The summed E-state index contributed by atoms with van der Waals surface area (Å²) in [5.41, 5.74) is 18.9. The number of nitrogens with zero attached hydrogens (tertiary/aromatic N) is 2. The van der Waals surface area contributed by atoms with Crippen LogP contribution >= 0.6 is 11.3 Å². The van der Waals surface area contributed by atoms with Crippen molar-refractivity contribution in [1.82, 2.24) is 4.48 Å². The monoisotopic (exact) mass is 714 g/mol. The van der Waals surface area contributed by atoms with Crippen molar-refractivity contribution >= 4 is 77.4 Å². The van der Waals surface area contributed by atoms with E-state index >= 15 is 0 Å². The zero-order chi connectivity index (χ0) is 35.8. The van der Waals surface area contributed by atoms with Crippen molar-refractivity contribution in [2.24, 2.45) is 0 Å². The maximum Gasteiger partial charge on any atom is 0.333 e. The number of hydrogen-bond donors (Lipinski definition) is 0. The summed E-state index contributed by atoms with van der Waals surface area (Å²) in [6.07, 6.45) is 0. The lowest BCUT2D eigenvalue weighted by Crippen LogP contribution is -2.58. The number of thiophene rings is 1. The maximum absolute atomic E-state index is 2.73. The van der Waals surface area contributed by atoms with Gasteiger partial charge in [-0.25, -0.2) is 0 Å². The van der Waals surface area contributed by atoms with Gasteiger partial charge < -0.3 is 9.38 Å². The Kier molecular flexibility index (Phi) is 5.82. The van der Waals surface area contributed by atoms with Crippen LogP contribution in [0, 0.1) is 0 Å². The molecule has 4 heteroatoms. The normalized spacial score (nSPS) is 14.3. The van der Waals surface area contributed by atoms with Gasteiger partial charge in [-0.3, -0.25) is 0 Å². The van der Waals surface area contributed by atoms with Crippen LogP contribution in [0.15, 0.2) is 188 Å². The van der Waals surface area contributed by atoms with Crippen LogP contribution in [0.25, 0.3) is 53.5 Å². The number of fused-ring (bicyclic) bond motifs is 11. The molecular formula is C51H31BN2S. The van der Waals surface area contributed by atoms with E-state index in [1.54, 1.807) is 0 Å². The standard InChI is InChI=1S/C51H31BN2S/c1-4-16-32(17-5-1)33-30-39-36-23-14-24-38-47(36)54(48-37-22-10-13-29-45(37)55-50(38)48)52-42-27-15-26-41-49(42)53(44(31-33)46(39)52)43-28-12-11-25-40(43)51(41,34-18-6-2-7-19-34)35-20-8-3-9-21-35/h1-31H. The summed E-state index contributed by atoms with van der Waals surface area (Å²) in [4.78, 5) is 2.63. The van der Waals surface area contributed by atoms with Gasteiger partial charge in [-0.15, -0.1) is 11.3 Å². The van der Waals surface area contributed by atoms with Gasteiger partial charge in [-0.1, -0.05) is 164 Å². The first-order chi connectivity index (χ1) is 27.3. The van der Waals surface area contributed by atoms with Crippen molar-refractivity contribution in [2.45, 2.75) is 5.41 Å². The van der Waals surface area contributed by atoms with Gasteiger partial charge in [0.25, 0.3) is 0 Å². The molecule has 2 nitrogen and oxygen atoms in total. The molecular weight excluding hydrogens is 683 g/mol. The zero-order valence-electron chi connectivity index (χ0n) is 29.8. The van der Waals surface area contributed by atoms with E-state index in [-0.39, 0.29) is 6.85 Å². The van der Waals surface area contributed by atoms with Crippen LogP contribution in [0.2, 0.25) is 0 Å². The molecule has 2 aromatic heterocycles. The summed E-state index contributed by atoms with van der Waals surface area (Å²) in [7, 11) is 0. The number of rotatable bonds is 3. The van der Waals surface area contributed by atoms with E-state index in [1.165, 1.54) is 104 Å². The fourth-order valence-electron chi connectivity index (χ4n) is 10.6. The average molecular weight is 715 g/mol. The van der Waals surface area contributed by atoms with Crippen molar-refractivity contribution in [1.29, 1.82) is 0 Å². The highest BCUT2D eigenvalue weighted by Gasteiger charge is 2.52. The molecule has 3 aliphatic heterocycles. The second-order valence-corrected chi connectivity index (χ2v) is 16.2. The van der Waals surface area contributed by atoms with Crippen molar-refractivity contribution in [3.05, 3.63) is 210 Å². The molecule has 0 spiro atoms. The van der Waals surface area contributed by atoms with Crippen molar-refractivity contribution in [3.63, 3.8) is 0 Å². The molecule has 3 aliphatic rings. The van der Waals surface area contributed by atoms with Gasteiger partial charge in [0, 0.05) is 37.9 Å². The summed E-state index contributed by atoms with van der Waals surface area (Å²) in [6, 6.07) is 70.6. The van der Waals surface area contributed by atoms with Crippen LogP contribution in [0.4, 0.5) is 17.1 Å². The van der Waals surface area contributed by atoms with Crippen LogP contribution in [0.5, 0.6) is 0 Å². The Morgan fingerprint density at radius 1 is 0.473 bits per heavy atom. The molecule has 55 heavy (non-hydrogen) atoms. The predicted octanol–water partition coefficient (Wildman–Crippen LogP) is 11.8. The fourth-order valence-corrected chi connectivity index (χ4v) is 11.8.